The van der Waals surface area contributed by atoms with Crippen molar-refractivity contribution in [3.8, 4) is 0 Å². The SMILES string of the molecule is CC1(C)CC(=O)C=C1O. The minimum Gasteiger partial charge on any atom is -0.512 e. The Morgan fingerprint density at radius 2 is 2.22 bits per heavy atom. The first kappa shape index (κ1) is 6.33. The highest BCUT2D eigenvalue weighted by Crippen LogP contribution is 2.33. The molecule has 50 valence electrons. The second kappa shape index (κ2) is 1.59. The molecule has 0 bridgehead atoms. The van der Waals surface area contributed by atoms with Gasteiger partial charge in [0, 0.05) is 17.9 Å². The van der Waals surface area contributed by atoms with E-state index >= 15 is 0 Å². The molecular formula is C7H10O2. The fourth-order valence-electron chi connectivity index (χ4n) is 0.925. The Bertz CT molecular complexity index is 177. The fourth-order valence-corrected chi connectivity index (χ4v) is 0.925. The maximum atomic E-state index is 10.6. The number of carbonyl (C=O) groups is 1. The van der Waals surface area contributed by atoms with Crippen molar-refractivity contribution >= 4 is 5.78 Å². The Balaban J connectivity index is 2.89. The summed E-state index contributed by atoms with van der Waals surface area (Å²) in [6, 6.07) is 0. The van der Waals surface area contributed by atoms with Crippen LogP contribution < -0.4 is 0 Å². The normalized spacial score (nSPS) is 24.2. The molecule has 0 saturated heterocycles. The molecule has 0 aromatic heterocycles. The van der Waals surface area contributed by atoms with E-state index in [1.165, 1.54) is 6.08 Å². The molecule has 0 saturated carbocycles. The van der Waals surface area contributed by atoms with Crippen molar-refractivity contribution < 1.29 is 9.90 Å². The molecule has 0 aromatic rings. The van der Waals surface area contributed by atoms with E-state index in [0.29, 0.717) is 6.42 Å². The quantitative estimate of drug-likeness (QED) is 0.533. The Hall–Kier alpha value is -0.790. The van der Waals surface area contributed by atoms with Gasteiger partial charge in [-0.15, -0.1) is 0 Å². The molecule has 0 amide bonds. The van der Waals surface area contributed by atoms with Gasteiger partial charge >= 0.3 is 0 Å². The predicted octanol–water partition coefficient (Wildman–Crippen LogP) is 1.43. The summed E-state index contributed by atoms with van der Waals surface area (Å²) in [5.74, 6) is 0.241. The molecular weight excluding hydrogens is 116 g/mol. The molecule has 9 heavy (non-hydrogen) atoms. The molecule has 0 unspecified atom stereocenters. The third kappa shape index (κ3) is 0.969. The monoisotopic (exact) mass is 126 g/mol. The molecule has 0 heterocycles. The van der Waals surface area contributed by atoms with Crippen molar-refractivity contribution in [2.45, 2.75) is 20.3 Å². The summed E-state index contributed by atoms with van der Waals surface area (Å²) in [6.45, 7) is 3.70. The van der Waals surface area contributed by atoms with Gasteiger partial charge in [0.05, 0.1) is 0 Å². The molecule has 0 fully saturated rings. The summed E-state index contributed by atoms with van der Waals surface area (Å²) < 4.78 is 0. The van der Waals surface area contributed by atoms with Gasteiger partial charge in [-0.3, -0.25) is 4.79 Å². The maximum Gasteiger partial charge on any atom is 0.160 e. The van der Waals surface area contributed by atoms with Crippen molar-refractivity contribution in [2.75, 3.05) is 0 Å². The molecule has 2 heteroatoms. The van der Waals surface area contributed by atoms with Crippen molar-refractivity contribution in [2.24, 2.45) is 5.41 Å². The van der Waals surface area contributed by atoms with Gasteiger partial charge in [-0.1, -0.05) is 13.8 Å². The Labute approximate surface area is 54.2 Å². The van der Waals surface area contributed by atoms with E-state index in [9.17, 15) is 4.79 Å². The summed E-state index contributed by atoms with van der Waals surface area (Å²) in [6.07, 6.45) is 1.75. The first-order valence-electron chi connectivity index (χ1n) is 2.96. The van der Waals surface area contributed by atoms with E-state index in [1.54, 1.807) is 0 Å². The largest absolute Gasteiger partial charge is 0.512 e. The molecule has 1 N–H and O–H groups in total. The minimum atomic E-state index is -0.308. The minimum absolute atomic E-state index is 0.0255. The lowest BCUT2D eigenvalue weighted by Crippen LogP contribution is -2.10. The Morgan fingerprint density at radius 1 is 1.67 bits per heavy atom. The molecule has 0 atom stereocenters. The third-order valence-electron chi connectivity index (χ3n) is 1.61. The Kier molecular flexibility index (Phi) is 1.12. The van der Waals surface area contributed by atoms with Gasteiger partial charge in [0.25, 0.3) is 0 Å². The van der Waals surface area contributed by atoms with Gasteiger partial charge in [-0.2, -0.15) is 0 Å². The van der Waals surface area contributed by atoms with E-state index in [4.69, 9.17) is 5.11 Å². The molecule has 1 rings (SSSR count). The van der Waals surface area contributed by atoms with Crippen LogP contribution in [0.2, 0.25) is 0 Å². The number of hydrogen-bond acceptors (Lipinski definition) is 2. The summed E-state index contributed by atoms with van der Waals surface area (Å²) in [5, 5.41) is 9.07. The van der Waals surface area contributed by atoms with Crippen LogP contribution in [0, 0.1) is 5.41 Å². The molecule has 0 aliphatic heterocycles. The van der Waals surface area contributed by atoms with Crippen molar-refractivity contribution in [3.05, 3.63) is 11.8 Å². The highest BCUT2D eigenvalue weighted by molar-refractivity contribution is 5.93. The maximum absolute atomic E-state index is 10.6. The van der Waals surface area contributed by atoms with E-state index < -0.39 is 0 Å². The number of allylic oxidation sites excluding steroid dienone is 2. The van der Waals surface area contributed by atoms with Gasteiger partial charge in [0.15, 0.2) is 5.78 Å². The average Bonchev–Trinajstić information content (AvgIpc) is 1.79. The van der Waals surface area contributed by atoms with E-state index in [-0.39, 0.29) is 17.0 Å². The number of carbonyl (C=O) groups excluding carboxylic acids is 1. The smallest absolute Gasteiger partial charge is 0.160 e. The van der Waals surface area contributed by atoms with Crippen LogP contribution in [-0.4, -0.2) is 10.9 Å². The van der Waals surface area contributed by atoms with Crippen LogP contribution in [0.3, 0.4) is 0 Å². The number of ketones is 1. The molecule has 1 aliphatic rings. The second-order valence-corrected chi connectivity index (χ2v) is 3.06. The lowest BCUT2D eigenvalue weighted by atomic mass is 9.91. The average molecular weight is 126 g/mol. The molecule has 0 spiro atoms. The fraction of sp³-hybridized carbons (Fsp3) is 0.571. The van der Waals surface area contributed by atoms with Crippen LogP contribution in [0.25, 0.3) is 0 Å². The molecule has 1 aliphatic carbocycles. The number of rotatable bonds is 0. The summed E-state index contributed by atoms with van der Waals surface area (Å²) >= 11 is 0. The highest BCUT2D eigenvalue weighted by Gasteiger charge is 2.31. The Morgan fingerprint density at radius 3 is 2.33 bits per heavy atom. The van der Waals surface area contributed by atoms with Crippen LogP contribution in [0.5, 0.6) is 0 Å². The van der Waals surface area contributed by atoms with Crippen molar-refractivity contribution in [3.63, 3.8) is 0 Å². The van der Waals surface area contributed by atoms with Crippen LogP contribution >= 0.6 is 0 Å². The predicted molar refractivity (Wildman–Crippen MR) is 34.1 cm³/mol. The van der Waals surface area contributed by atoms with Crippen molar-refractivity contribution in [1.29, 1.82) is 0 Å². The van der Waals surface area contributed by atoms with E-state index in [2.05, 4.69) is 0 Å². The van der Waals surface area contributed by atoms with Crippen molar-refractivity contribution in [1.82, 2.24) is 0 Å². The van der Waals surface area contributed by atoms with Gasteiger partial charge < -0.3 is 5.11 Å². The zero-order valence-corrected chi connectivity index (χ0v) is 5.64. The van der Waals surface area contributed by atoms with Crippen LogP contribution in [0.4, 0.5) is 0 Å². The van der Waals surface area contributed by atoms with Gasteiger partial charge in [-0.05, 0) is 0 Å². The number of hydrogen-bond donors (Lipinski definition) is 1. The van der Waals surface area contributed by atoms with Crippen LogP contribution in [0.1, 0.15) is 20.3 Å². The first-order valence-corrected chi connectivity index (χ1v) is 2.96. The number of aliphatic hydroxyl groups is 1. The van der Waals surface area contributed by atoms with Crippen LogP contribution in [-0.2, 0) is 4.79 Å². The molecule has 2 nitrogen and oxygen atoms in total. The van der Waals surface area contributed by atoms with Gasteiger partial charge in [0.2, 0.25) is 0 Å². The lowest BCUT2D eigenvalue weighted by molar-refractivity contribution is -0.115. The zero-order valence-electron chi connectivity index (χ0n) is 5.64. The number of aliphatic hydroxyl groups excluding tert-OH is 1. The summed E-state index contributed by atoms with van der Waals surface area (Å²) in [7, 11) is 0. The third-order valence-corrected chi connectivity index (χ3v) is 1.61. The van der Waals surface area contributed by atoms with Gasteiger partial charge in [0.1, 0.15) is 5.76 Å². The standard InChI is InChI=1S/C7H10O2/c1-7(2)4-5(8)3-6(7)9/h3,9H,4H2,1-2H3. The first-order chi connectivity index (χ1) is 4.02. The molecule has 0 aromatic carbocycles. The van der Waals surface area contributed by atoms with Crippen LogP contribution in [0.15, 0.2) is 11.8 Å². The zero-order chi connectivity index (χ0) is 7.07. The summed E-state index contributed by atoms with van der Waals surface area (Å²) in [5.41, 5.74) is -0.308. The van der Waals surface area contributed by atoms with E-state index in [0.717, 1.165) is 0 Å². The second-order valence-electron chi connectivity index (χ2n) is 3.06. The molecule has 0 radical (unpaired) electrons. The highest BCUT2D eigenvalue weighted by atomic mass is 16.3. The lowest BCUT2D eigenvalue weighted by Gasteiger charge is -2.15. The topological polar surface area (TPSA) is 37.3 Å². The summed E-state index contributed by atoms with van der Waals surface area (Å²) in [4.78, 5) is 10.6. The van der Waals surface area contributed by atoms with Gasteiger partial charge in [-0.25, -0.2) is 0 Å². The van der Waals surface area contributed by atoms with E-state index in [1.807, 2.05) is 13.8 Å².